The molecule has 0 fully saturated rings. The topological polar surface area (TPSA) is 76.1 Å². The molecule has 8 heteroatoms. The van der Waals surface area contributed by atoms with Crippen molar-refractivity contribution >= 4 is 54.8 Å². The molecular weight excluding hydrogens is 428 g/mol. The highest BCUT2D eigenvalue weighted by atomic mass is 32.1. The van der Waals surface area contributed by atoms with Gasteiger partial charge in [0.1, 0.15) is 11.3 Å². The fourth-order valence-corrected chi connectivity index (χ4v) is 4.86. The smallest absolute Gasteiger partial charge is 0.270 e. The third-order valence-corrected chi connectivity index (χ3v) is 6.53. The van der Waals surface area contributed by atoms with Crippen LogP contribution in [-0.4, -0.2) is 22.5 Å². The number of benzene rings is 2. The van der Waals surface area contributed by atoms with Crippen molar-refractivity contribution in [1.29, 1.82) is 0 Å². The van der Waals surface area contributed by atoms with Crippen LogP contribution in [0.5, 0.6) is 5.75 Å². The van der Waals surface area contributed by atoms with Gasteiger partial charge in [0.05, 0.1) is 33.0 Å². The van der Waals surface area contributed by atoms with Gasteiger partial charge in [0.25, 0.3) is 5.91 Å². The highest BCUT2D eigenvalue weighted by Crippen LogP contribution is 2.32. The standard InChI is InChI=1S/C23H18N4O2S2/c1-2-29-18-9-5-10-20-21(18)25-23(31-20)27-26-22(28)15-13-17(19-11-6-12-30-19)24-16-8-4-3-7-14(15)16/h3-13H,2H2,1H3,(H,25,27)(H,26,28). The second kappa shape index (κ2) is 8.33. The maximum Gasteiger partial charge on any atom is 0.270 e. The number of aromatic nitrogens is 2. The number of fused-ring (bicyclic) bond motifs is 2. The number of para-hydroxylation sites is 2. The molecule has 31 heavy (non-hydrogen) atoms. The Morgan fingerprint density at radius 3 is 2.81 bits per heavy atom. The number of hydrogen-bond acceptors (Lipinski definition) is 7. The second-order valence-corrected chi connectivity index (χ2v) is 8.66. The summed E-state index contributed by atoms with van der Waals surface area (Å²) in [4.78, 5) is 23.4. The Hall–Kier alpha value is -3.49. The first-order valence-corrected chi connectivity index (χ1v) is 11.4. The van der Waals surface area contributed by atoms with E-state index in [1.807, 2.05) is 73.0 Å². The van der Waals surface area contributed by atoms with Gasteiger partial charge in [0.15, 0.2) is 0 Å². The summed E-state index contributed by atoms with van der Waals surface area (Å²) in [6.07, 6.45) is 0. The minimum atomic E-state index is -0.249. The average Bonchev–Trinajstić information content (AvgIpc) is 3.47. The van der Waals surface area contributed by atoms with Crippen molar-refractivity contribution in [1.82, 2.24) is 15.4 Å². The Balaban J connectivity index is 1.44. The van der Waals surface area contributed by atoms with Crippen molar-refractivity contribution in [2.24, 2.45) is 0 Å². The van der Waals surface area contributed by atoms with Crippen LogP contribution in [-0.2, 0) is 0 Å². The fourth-order valence-electron chi connectivity index (χ4n) is 3.34. The molecule has 3 aromatic heterocycles. The first-order chi connectivity index (χ1) is 15.2. The average molecular weight is 447 g/mol. The zero-order valence-electron chi connectivity index (χ0n) is 16.6. The number of anilines is 1. The van der Waals surface area contributed by atoms with E-state index in [2.05, 4.69) is 15.8 Å². The van der Waals surface area contributed by atoms with Gasteiger partial charge < -0.3 is 4.74 Å². The highest BCUT2D eigenvalue weighted by molar-refractivity contribution is 7.22. The van der Waals surface area contributed by atoms with Crippen LogP contribution in [0.15, 0.2) is 66.0 Å². The van der Waals surface area contributed by atoms with Gasteiger partial charge in [-0.05, 0) is 42.6 Å². The Kier molecular flexibility index (Phi) is 5.23. The van der Waals surface area contributed by atoms with Gasteiger partial charge in [-0.15, -0.1) is 11.3 Å². The van der Waals surface area contributed by atoms with Crippen molar-refractivity contribution < 1.29 is 9.53 Å². The lowest BCUT2D eigenvalue weighted by Gasteiger charge is -2.10. The lowest BCUT2D eigenvalue weighted by molar-refractivity contribution is 0.0964. The SMILES string of the molecule is CCOc1cccc2sc(NNC(=O)c3cc(-c4cccs4)nc4ccccc34)nc12. The first kappa shape index (κ1) is 19.5. The van der Waals surface area contributed by atoms with E-state index in [1.165, 1.54) is 11.3 Å². The lowest BCUT2D eigenvalue weighted by Crippen LogP contribution is -2.29. The summed E-state index contributed by atoms with van der Waals surface area (Å²) in [7, 11) is 0. The van der Waals surface area contributed by atoms with E-state index >= 15 is 0 Å². The minimum Gasteiger partial charge on any atom is -0.492 e. The van der Waals surface area contributed by atoms with Crippen LogP contribution in [0.1, 0.15) is 17.3 Å². The van der Waals surface area contributed by atoms with Gasteiger partial charge >= 0.3 is 0 Å². The van der Waals surface area contributed by atoms with Crippen LogP contribution in [0.3, 0.4) is 0 Å². The third kappa shape index (κ3) is 3.83. The predicted octanol–water partition coefficient (Wildman–Crippen LogP) is 5.73. The van der Waals surface area contributed by atoms with E-state index in [1.54, 1.807) is 11.3 Å². The van der Waals surface area contributed by atoms with Gasteiger partial charge in [-0.3, -0.25) is 15.6 Å². The van der Waals surface area contributed by atoms with Crippen molar-refractivity contribution in [2.45, 2.75) is 6.92 Å². The van der Waals surface area contributed by atoms with E-state index < -0.39 is 0 Å². The zero-order chi connectivity index (χ0) is 21.2. The van der Waals surface area contributed by atoms with E-state index in [0.29, 0.717) is 17.3 Å². The van der Waals surface area contributed by atoms with Crippen LogP contribution in [0.4, 0.5) is 5.13 Å². The second-order valence-electron chi connectivity index (χ2n) is 6.68. The number of hydrazine groups is 1. The van der Waals surface area contributed by atoms with Gasteiger partial charge in [0.2, 0.25) is 5.13 Å². The number of ether oxygens (including phenoxy) is 1. The molecule has 0 saturated heterocycles. The molecule has 154 valence electrons. The summed E-state index contributed by atoms with van der Waals surface area (Å²) in [5, 5.41) is 3.38. The maximum atomic E-state index is 13.1. The van der Waals surface area contributed by atoms with Crippen molar-refractivity contribution in [3.63, 3.8) is 0 Å². The molecule has 5 rings (SSSR count). The van der Waals surface area contributed by atoms with Gasteiger partial charge in [-0.25, -0.2) is 9.97 Å². The molecular formula is C23H18N4O2S2. The maximum absolute atomic E-state index is 13.1. The molecule has 0 spiro atoms. The molecule has 0 radical (unpaired) electrons. The molecule has 5 aromatic rings. The molecule has 2 N–H and O–H groups in total. The first-order valence-electron chi connectivity index (χ1n) is 9.75. The minimum absolute atomic E-state index is 0.249. The summed E-state index contributed by atoms with van der Waals surface area (Å²) in [5.74, 6) is 0.483. The van der Waals surface area contributed by atoms with Gasteiger partial charge in [-0.2, -0.15) is 0 Å². The zero-order valence-corrected chi connectivity index (χ0v) is 18.2. The molecule has 6 nitrogen and oxygen atoms in total. The van der Waals surface area contributed by atoms with Gasteiger partial charge in [0, 0.05) is 5.39 Å². The summed E-state index contributed by atoms with van der Waals surface area (Å²) < 4.78 is 6.63. The molecule has 0 saturated carbocycles. The quantitative estimate of drug-likeness (QED) is 0.326. The lowest BCUT2D eigenvalue weighted by atomic mass is 10.1. The number of rotatable bonds is 6. The van der Waals surface area contributed by atoms with E-state index in [4.69, 9.17) is 9.72 Å². The van der Waals surface area contributed by atoms with E-state index in [-0.39, 0.29) is 5.91 Å². The van der Waals surface area contributed by atoms with E-state index in [9.17, 15) is 4.79 Å². The Labute approximate surface area is 186 Å². The number of carbonyl (C=O) groups excluding carboxylic acids is 1. The van der Waals surface area contributed by atoms with E-state index in [0.717, 1.165) is 37.4 Å². The summed E-state index contributed by atoms with van der Waals surface area (Å²) in [5.41, 5.74) is 8.63. The van der Waals surface area contributed by atoms with Crippen LogP contribution in [0.25, 0.3) is 31.7 Å². The van der Waals surface area contributed by atoms with Crippen molar-refractivity contribution in [3.05, 3.63) is 71.6 Å². The number of nitrogens with zero attached hydrogens (tertiary/aromatic N) is 2. The van der Waals surface area contributed by atoms with Crippen molar-refractivity contribution in [2.75, 3.05) is 12.0 Å². The summed E-state index contributed by atoms with van der Waals surface area (Å²) >= 11 is 3.04. The number of thiophene rings is 1. The molecule has 1 amide bonds. The number of pyridine rings is 1. The number of carbonyl (C=O) groups is 1. The van der Waals surface area contributed by atoms with Crippen molar-refractivity contribution in [3.8, 4) is 16.3 Å². The monoisotopic (exact) mass is 446 g/mol. The molecule has 0 unspecified atom stereocenters. The molecule has 0 atom stereocenters. The Morgan fingerprint density at radius 2 is 1.97 bits per heavy atom. The summed E-state index contributed by atoms with van der Waals surface area (Å²) in [6.45, 7) is 2.51. The number of amides is 1. The number of hydrogen-bond donors (Lipinski definition) is 2. The fraction of sp³-hybridized carbons (Fsp3) is 0.0870. The van der Waals surface area contributed by atoms with Crippen LogP contribution < -0.4 is 15.6 Å². The van der Waals surface area contributed by atoms with Crippen LogP contribution >= 0.6 is 22.7 Å². The molecule has 0 aliphatic carbocycles. The molecule has 3 heterocycles. The van der Waals surface area contributed by atoms with Crippen LogP contribution in [0, 0.1) is 0 Å². The number of nitrogens with one attached hydrogen (secondary N) is 2. The highest BCUT2D eigenvalue weighted by Gasteiger charge is 2.15. The normalized spacial score (nSPS) is 11.0. The molecule has 2 aromatic carbocycles. The Bertz CT molecular complexity index is 1380. The molecule has 0 aliphatic rings. The number of thiazole rings is 1. The van der Waals surface area contributed by atoms with Gasteiger partial charge in [-0.1, -0.05) is 41.7 Å². The molecule has 0 bridgehead atoms. The largest absolute Gasteiger partial charge is 0.492 e. The van der Waals surface area contributed by atoms with Crippen LogP contribution in [0.2, 0.25) is 0 Å². The Morgan fingerprint density at radius 1 is 1.06 bits per heavy atom. The predicted molar refractivity (Wildman–Crippen MR) is 127 cm³/mol. The summed E-state index contributed by atoms with van der Waals surface area (Å²) in [6, 6.07) is 19.3. The molecule has 0 aliphatic heterocycles. The third-order valence-electron chi connectivity index (χ3n) is 4.70.